The van der Waals surface area contributed by atoms with Crippen molar-refractivity contribution in [1.29, 1.82) is 0 Å². The van der Waals surface area contributed by atoms with E-state index in [4.69, 9.17) is 10.2 Å². The Morgan fingerprint density at radius 1 is 1.19 bits per heavy atom. The van der Waals surface area contributed by atoms with E-state index in [9.17, 15) is 16.8 Å². The van der Waals surface area contributed by atoms with Crippen molar-refractivity contribution in [3.05, 3.63) is 29.8 Å². The molecule has 4 N–H and O–H groups in total. The van der Waals surface area contributed by atoms with E-state index in [1.165, 1.54) is 18.2 Å². The van der Waals surface area contributed by atoms with Crippen LogP contribution in [0.25, 0.3) is 0 Å². The Labute approximate surface area is 124 Å². The predicted molar refractivity (Wildman–Crippen MR) is 78.2 cm³/mol. The van der Waals surface area contributed by atoms with Crippen molar-refractivity contribution < 1.29 is 21.9 Å². The molecule has 0 amide bonds. The van der Waals surface area contributed by atoms with Gasteiger partial charge >= 0.3 is 0 Å². The second-order valence-electron chi connectivity index (χ2n) is 4.04. The van der Waals surface area contributed by atoms with Gasteiger partial charge in [-0.05, 0) is 12.1 Å². The van der Waals surface area contributed by atoms with Gasteiger partial charge in [0.1, 0.15) is 0 Å². The van der Waals surface area contributed by atoms with Crippen molar-refractivity contribution in [3.63, 3.8) is 0 Å². The molecule has 7 nitrogen and oxygen atoms in total. The maximum atomic E-state index is 12.1. The minimum absolute atomic E-state index is 0.0511. The molecule has 0 spiro atoms. The summed E-state index contributed by atoms with van der Waals surface area (Å²) in [6, 6.07) is 6.05. The lowest BCUT2D eigenvalue weighted by Gasteiger charge is -2.07. The van der Waals surface area contributed by atoms with E-state index in [0.717, 1.165) is 0 Å². The molecule has 0 radical (unpaired) electrons. The smallest absolute Gasteiger partial charge is 0.241 e. The standard InChI is InChI=1S/C12H16N2O5S2/c13-20(16,17)10-8-14-21(18,19)12-7-2-1-5-11(12)6-3-4-9-15/h1-2,5,7,14-15H,4,8-10H2,(H2,13,16,17). The summed E-state index contributed by atoms with van der Waals surface area (Å²) in [5, 5.41) is 13.5. The highest BCUT2D eigenvalue weighted by Gasteiger charge is 2.17. The molecular formula is C12H16N2O5S2. The highest BCUT2D eigenvalue weighted by atomic mass is 32.2. The number of aliphatic hydroxyl groups excluding tert-OH is 1. The summed E-state index contributed by atoms with van der Waals surface area (Å²) in [7, 11) is -7.62. The van der Waals surface area contributed by atoms with Gasteiger partial charge in [-0.2, -0.15) is 0 Å². The molecule has 0 atom stereocenters. The van der Waals surface area contributed by atoms with Crippen LogP contribution < -0.4 is 9.86 Å². The molecular weight excluding hydrogens is 316 g/mol. The van der Waals surface area contributed by atoms with Crippen LogP contribution in [0.2, 0.25) is 0 Å². The van der Waals surface area contributed by atoms with Crippen molar-refractivity contribution in [2.45, 2.75) is 11.3 Å². The van der Waals surface area contributed by atoms with Crippen molar-refractivity contribution in [2.75, 3.05) is 18.9 Å². The SMILES string of the molecule is NS(=O)(=O)CCNS(=O)(=O)c1ccccc1C#CCCO. The van der Waals surface area contributed by atoms with Crippen molar-refractivity contribution in [2.24, 2.45) is 5.14 Å². The Morgan fingerprint density at radius 2 is 1.86 bits per heavy atom. The van der Waals surface area contributed by atoms with Gasteiger partial charge in [-0.1, -0.05) is 24.0 Å². The van der Waals surface area contributed by atoms with E-state index in [2.05, 4.69) is 16.6 Å². The minimum atomic E-state index is -3.89. The van der Waals surface area contributed by atoms with E-state index in [1.807, 2.05) is 0 Å². The van der Waals surface area contributed by atoms with Gasteiger partial charge in [0.25, 0.3) is 0 Å². The van der Waals surface area contributed by atoms with Crippen LogP contribution in [0.4, 0.5) is 0 Å². The van der Waals surface area contributed by atoms with Crippen LogP contribution in [0.3, 0.4) is 0 Å². The van der Waals surface area contributed by atoms with Crippen LogP contribution >= 0.6 is 0 Å². The van der Waals surface area contributed by atoms with E-state index >= 15 is 0 Å². The predicted octanol–water partition coefficient (Wildman–Crippen LogP) is -1.01. The van der Waals surface area contributed by atoms with Gasteiger partial charge in [0.2, 0.25) is 20.0 Å². The lowest BCUT2D eigenvalue weighted by Crippen LogP contribution is -2.31. The van der Waals surface area contributed by atoms with Crippen LogP contribution in [0.1, 0.15) is 12.0 Å². The molecule has 21 heavy (non-hydrogen) atoms. The fourth-order valence-corrected chi connectivity index (χ4v) is 3.12. The molecule has 0 saturated heterocycles. The quantitative estimate of drug-likeness (QED) is 0.575. The maximum Gasteiger partial charge on any atom is 0.241 e. The lowest BCUT2D eigenvalue weighted by atomic mass is 10.2. The Hall–Kier alpha value is -1.44. The van der Waals surface area contributed by atoms with Gasteiger partial charge in [0.15, 0.2) is 0 Å². The van der Waals surface area contributed by atoms with Crippen molar-refractivity contribution in [3.8, 4) is 11.8 Å². The zero-order valence-corrected chi connectivity index (χ0v) is 12.7. The first-order valence-electron chi connectivity index (χ1n) is 5.95. The zero-order chi connectivity index (χ0) is 15.9. The number of nitrogens with two attached hydrogens (primary N) is 1. The summed E-state index contributed by atoms with van der Waals surface area (Å²) < 4.78 is 48.0. The fourth-order valence-electron chi connectivity index (χ4n) is 1.41. The first kappa shape index (κ1) is 17.6. The summed E-state index contributed by atoms with van der Waals surface area (Å²) in [5.41, 5.74) is 0.272. The topological polar surface area (TPSA) is 127 Å². The number of sulfonamides is 2. The normalized spacial score (nSPS) is 11.7. The fraction of sp³-hybridized carbons (Fsp3) is 0.333. The third-order valence-corrected chi connectivity index (χ3v) is 4.61. The van der Waals surface area contributed by atoms with Crippen molar-refractivity contribution >= 4 is 20.0 Å². The van der Waals surface area contributed by atoms with E-state index in [0.29, 0.717) is 0 Å². The average molecular weight is 332 g/mol. The summed E-state index contributed by atoms with van der Waals surface area (Å²) in [4.78, 5) is -0.0511. The Bertz CT molecular complexity index is 745. The molecule has 0 aliphatic rings. The van der Waals surface area contributed by atoms with Gasteiger partial charge in [0, 0.05) is 18.5 Å². The molecule has 0 fully saturated rings. The molecule has 9 heteroatoms. The van der Waals surface area contributed by atoms with Crippen LogP contribution in [0.5, 0.6) is 0 Å². The molecule has 1 rings (SSSR count). The monoisotopic (exact) mass is 332 g/mol. The first-order valence-corrected chi connectivity index (χ1v) is 9.15. The highest BCUT2D eigenvalue weighted by molar-refractivity contribution is 7.90. The number of aliphatic hydroxyl groups is 1. The summed E-state index contributed by atoms with van der Waals surface area (Å²) in [5.74, 6) is 4.80. The molecule has 0 aromatic heterocycles. The molecule has 0 unspecified atom stereocenters. The van der Waals surface area contributed by atoms with Crippen LogP contribution in [0, 0.1) is 11.8 Å². The third kappa shape index (κ3) is 6.24. The van der Waals surface area contributed by atoms with Crippen LogP contribution in [0.15, 0.2) is 29.2 Å². The van der Waals surface area contributed by atoms with E-state index in [-0.39, 0.29) is 30.0 Å². The molecule has 0 bridgehead atoms. The Kier molecular flexibility index (Phi) is 6.32. The van der Waals surface area contributed by atoms with E-state index < -0.39 is 25.8 Å². The summed E-state index contributed by atoms with van der Waals surface area (Å²) in [6.07, 6.45) is 0.229. The average Bonchev–Trinajstić information content (AvgIpc) is 2.37. The second-order valence-corrected chi connectivity index (χ2v) is 7.51. The minimum Gasteiger partial charge on any atom is -0.395 e. The largest absolute Gasteiger partial charge is 0.395 e. The van der Waals surface area contributed by atoms with Gasteiger partial charge in [-0.25, -0.2) is 26.7 Å². The number of benzene rings is 1. The zero-order valence-electron chi connectivity index (χ0n) is 11.1. The van der Waals surface area contributed by atoms with Crippen LogP contribution in [-0.2, 0) is 20.0 Å². The molecule has 1 aromatic rings. The highest BCUT2D eigenvalue weighted by Crippen LogP contribution is 2.14. The molecule has 0 aliphatic heterocycles. The molecule has 0 saturated carbocycles. The number of hydrogen-bond donors (Lipinski definition) is 3. The Balaban J connectivity index is 2.96. The first-order chi connectivity index (χ1) is 9.76. The van der Waals surface area contributed by atoms with Gasteiger partial charge < -0.3 is 5.11 Å². The molecule has 116 valence electrons. The number of primary sulfonamides is 1. The lowest BCUT2D eigenvalue weighted by molar-refractivity contribution is 0.305. The van der Waals surface area contributed by atoms with Gasteiger partial charge in [-0.3, -0.25) is 0 Å². The van der Waals surface area contributed by atoms with Crippen LogP contribution in [-0.4, -0.2) is 40.8 Å². The second kappa shape index (κ2) is 7.53. The van der Waals surface area contributed by atoms with E-state index in [1.54, 1.807) is 6.07 Å². The molecule has 1 aromatic carbocycles. The number of rotatable bonds is 6. The maximum absolute atomic E-state index is 12.1. The number of nitrogens with one attached hydrogen (secondary N) is 1. The Morgan fingerprint density at radius 3 is 2.48 bits per heavy atom. The van der Waals surface area contributed by atoms with Crippen molar-refractivity contribution in [1.82, 2.24) is 4.72 Å². The summed E-state index contributed by atoms with van der Waals surface area (Å²) >= 11 is 0. The summed E-state index contributed by atoms with van der Waals surface area (Å²) in [6.45, 7) is -0.436. The third-order valence-electron chi connectivity index (χ3n) is 2.32. The molecule has 0 aliphatic carbocycles. The number of hydrogen-bond acceptors (Lipinski definition) is 5. The van der Waals surface area contributed by atoms with Gasteiger partial charge in [0.05, 0.1) is 17.3 Å². The van der Waals surface area contributed by atoms with Gasteiger partial charge in [-0.15, -0.1) is 0 Å². The molecule has 0 heterocycles.